The van der Waals surface area contributed by atoms with Crippen molar-refractivity contribution in [2.45, 2.75) is 18.6 Å². The molecular weight excluding hydrogens is 154 g/mol. The van der Waals surface area contributed by atoms with Gasteiger partial charge in [-0.2, -0.15) is 0 Å². The second kappa shape index (κ2) is 3.89. The van der Waals surface area contributed by atoms with Crippen LogP contribution in [-0.4, -0.2) is 39.4 Å². The van der Waals surface area contributed by atoms with Gasteiger partial charge in [0.2, 0.25) is 0 Å². The Kier molecular flexibility index (Phi) is 3.49. The fourth-order valence-electron chi connectivity index (χ4n) is 0.496. The van der Waals surface area contributed by atoms with Crippen LogP contribution < -0.4 is 5.73 Å². The number of rotatable bonds is 4. The van der Waals surface area contributed by atoms with Crippen LogP contribution in [0.1, 0.15) is 6.42 Å². The summed E-state index contributed by atoms with van der Waals surface area (Å²) in [7, 11) is 0. The molecule has 11 heavy (non-hydrogen) atoms. The van der Waals surface area contributed by atoms with E-state index in [4.69, 9.17) is 21.1 Å². The molecule has 2 atom stereocenters. The van der Waals surface area contributed by atoms with E-state index >= 15 is 0 Å². The predicted molar refractivity (Wildman–Crippen MR) is 33.9 cm³/mol. The predicted octanol–water partition coefficient (Wildman–Crippen LogP) is -1.77. The lowest BCUT2D eigenvalue weighted by Crippen LogP contribution is -2.41. The molecule has 0 amide bonds. The highest BCUT2D eigenvalue weighted by molar-refractivity contribution is 5.75. The summed E-state index contributed by atoms with van der Waals surface area (Å²) in [5.41, 5.74) is 5.01. The molecule has 0 spiro atoms. The van der Waals surface area contributed by atoms with Crippen molar-refractivity contribution in [2.24, 2.45) is 5.73 Å². The van der Waals surface area contributed by atoms with Crippen molar-refractivity contribution in [3.63, 3.8) is 0 Å². The molecule has 0 aliphatic carbocycles. The molecule has 6 nitrogen and oxygen atoms in total. The molecule has 0 saturated heterocycles. The minimum Gasteiger partial charge on any atom is -0.481 e. The Bertz CT molecular complexity index is 168. The third kappa shape index (κ3) is 3.54. The van der Waals surface area contributed by atoms with Gasteiger partial charge >= 0.3 is 11.9 Å². The van der Waals surface area contributed by atoms with Gasteiger partial charge in [-0.25, -0.2) is 4.79 Å². The Morgan fingerprint density at radius 3 is 2.09 bits per heavy atom. The van der Waals surface area contributed by atoms with Crippen molar-refractivity contribution in [1.29, 1.82) is 0 Å². The average molecular weight is 163 g/mol. The van der Waals surface area contributed by atoms with Crippen molar-refractivity contribution in [1.82, 2.24) is 0 Å². The van der Waals surface area contributed by atoms with Gasteiger partial charge in [0.15, 0.2) is 6.10 Å². The molecule has 0 aliphatic rings. The van der Waals surface area contributed by atoms with Crippen molar-refractivity contribution < 1.29 is 24.9 Å². The average Bonchev–Trinajstić information content (AvgIpc) is 1.84. The summed E-state index contributed by atoms with van der Waals surface area (Å²) in [4.78, 5) is 20.0. The van der Waals surface area contributed by atoms with Crippen LogP contribution >= 0.6 is 0 Å². The normalized spacial score (nSPS) is 15.5. The molecule has 0 radical (unpaired) electrons. The maximum Gasteiger partial charge on any atom is 0.334 e. The van der Waals surface area contributed by atoms with Crippen LogP contribution in [0.4, 0.5) is 0 Å². The lowest BCUT2D eigenvalue weighted by molar-refractivity contribution is -0.148. The van der Waals surface area contributed by atoms with Gasteiger partial charge in [0.05, 0.1) is 12.5 Å². The van der Waals surface area contributed by atoms with E-state index in [0.717, 1.165) is 0 Å². The molecule has 0 aromatic heterocycles. The number of aliphatic carboxylic acids is 2. The first-order valence-electron chi connectivity index (χ1n) is 2.83. The minimum atomic E-state index is -1.81. The van der Waals surface area contributed by atoms with Gasteiger partial charge in [-0.05, 0) is 0 Å². The number of hydrogen-bond acceptors (Lipinski definition) is 4. The summed E-state index contributed by atoms with van der Waals surface area (Å²) < 4.78 is 0. The minimum absolute atomic E-state index is 0.562. The zero-order valence-electron chi connectivity index (χ0n) is 5.60. The van der Waals surface area contributed by atoms with Crippen LogP contribution in [-0.2, 0) is 9.59 Å². The third-order valence-corrected chi connectivity index (χ3v) is 1.07. The first-order chi connectivity index (χ1) is 4.95. The molecule has 5 N–H and O–H groups in total. The van der Waals surface area contributed by atoms with Crippen molar-refractivity contribution in [2.75, 3.05) is 0 Å². The molecule has 0 aliphatic heterocycles. The lowest BCUT2D eigenvalue weighted by atomic mass is 10.1. The first-order valence-corrected chi connectivity index (χ1v) is 2.83. The maximum atomic E-state index is 10.00. The fourth-order valence-corrected chi connectivity index (χ4v) is 0.496. The van der Waals surface area contributed by atoms with E-state index in [-0.39, 0.29) is 0 Å². The summed E-state index contributed by atoms with van der Waals surface area (Å²) >= 11 is 0. The van der Waals surface area contributed by atoms with Gasteiger partial charge in [0, 0.05) is 0 Å². The monoisotopic (exact) mass is 163 g/mol. The number of carboxylic acids is 2. The molecule has 0 fully saturated rings. The first kappa shape index (κ1) is 9.86. The third-order valence-electron chi connectivity index (χ3n) is 1.07. The molecular formula is C5H9NO5. The fraction of sp³-hybridized carbons (Fsp3) is 0.600. The van der Waals surface area contributed by atoms with Gasteiger partial charge < -0.3 is 21.1 Å². The van der Waals surface area contributed by atoms with Crippen LogP contribution in [0.5, 0.6) is 0 Å². The Morgan fingerprint density at radius 2 is 1.82 bits per heavy atom. The van der Waals surface area contributed by atoms with Gasteiger partial charge in [0.1, 0.15) is 0 Å². The number of aliphatic hydroxyl groups is 1. The second-order valence-corrected chi connectivity index (χ2v) is 2.04. The summed E-state index contributed by atoms with van der Waals surface area (Å²) in [6.45, 7) is 0. The van der Waals surface area contributed by atoms with E-state index in [1.807, 2.05) is 0 Å². The lowest BCUT2D eigenvalue weighted by Gasteiger charge is -2.11. The molecule has 0 rings (SSSR count). The number of nitrogens with two attached hydrogens (primary N) is 1. The Labute approximate surface area is 62.2 Å². The SMILES string of the molecule is N[C@@H](CC(=O)O)[C@@H](O)C(=O)O. The highest BCUT2D eigenvalue weighted by atomic mass is 16.4. The topological polar surface area (TPSA) is 121 Å². The Hall–Kier alpha value is -1.14. The highest BCUT2D eigenvalue weighted by Gasteiger charge is 2.23. The quantitative estimate of drug-likeness (QED) is 0.389. The Balaban J connectivity index is 3.92. The molecule has 0 saturated carbocycles. The molecule has 0 aromatic rings. The highest BCUT2D eigenvalue weighted by Crippen LogP contribution is 1.95. The molecule has 0 heterocycles. The van der Waals surface area contributed by atoms with Crippen LogP contribution in [0.3, 0.4) is 0 Å². The number of carboxylic acid groups (broad SMARTS) is 2. The van der Waals surface area contributed by atoms with E-state index < -0.39 is 30.5 Å². The smallest absolute Gasteiger partial charge is 0.334 e. The van der Waals surface area contributed by atoms with E-state index in [9.17, 15) is 9.59 Å². The van der Waals surface area contributed by atoms with E-state index in [1.54, 1.807) is 0 Å². The van der Waals surface area contributed by atoms with E-state index in [0.29, 0.717) is 0 Å². The van der Waals surface area contributed by atoms with Crippen molar-refractivity contribution in [3.05, 3.63) is 0 Å². The number of hydrogen-bond donors (Lipinski definition) is 4. The Morgan fingerprint density at radius 1 is 1.36 bits per heavy atom. The summed E-state index contributed by atoms with van der Waals surface area (Å²) in [5, 5.41) is 24.9. The van der Waals surface area contributed by atoms with Gasteiger partial charge in [0.25, 0.3) is 0 Å². The van der Waals surface area contributed by atoms with Crippen LogP contribution in [0.15, 0.2) is 0 Å². The summed E-state index contributed by atoms with van der Waals surface area (Å²) in [6, 6.07) is -1.26. The number of aliphatic hydroxyl groups excluding tert-OH is 1. The molecule has 0 unspecified atom stereocenters. The van der Waals surface area contributed by atoms with Gasteiger partial charge in [-0.15, -0.1) is 0 Å². The standard InChI is InChI=1S/C5H9NO5/c6-2(1-3(7)8)4(9)5(10)11/h2,4,9H,1,6H2,(H,7,8)(H,10,11)/t2-,4+/m0/s1. The van der Waals surface area contributed by atoms with Crippen LogP contribution in [0, 0.1) is 0 Å². The zero-order valence-corrected chi connectivity index (χ0v) is 5.60. The second-order valence-electron chi connectivity index (χ2n) is 2.04. The maximum absolute atomic E-state index is 10.00. The largest absolute Gasteiger partial charge is 0.481 e. The van der Waals surface area contributed by atoms with Crippen LogP contribution in [0.2, 0.25) is 0 Å². The molecule has 0 aromatic carbocycles. The van der Waals surface area contributed by atoms with Crippen molar-refractivity contribution >= 4 is 11.9 Å². The van der Waals surface area contributed by atoms with E-state index in [2.05, 4.69) is 0 Å². The molecule has 0 bridgehead atoms. The van der Waals surface area contributed by atoms with Gasteiger partial charge in [-0.3, -0.25) is 4.79 Å². The number of carbonyl (C=O) groups is 2. The van der Waals surface area contributed by atoms with Crippen LogP contribution in [0.25, 0.3) is 0 Å². The van der Waals surface area contributed by atoms with E-state index in [1.165, 1.54) is 0 Å². The van der Waals surface area contributed by atoms with Gasteiger partial charge in [-0.1, -0.05) is 0 Å². The molecule has 6 heteroatoms. The molecule has 64 valence electrons. The van der Waals surface area contributed by atoms with Crippen molar-refractivity contribution in [3.8, 4) is 0 Å². The summed E-state index contributed by atoms with van der Waals surface area (Å²) in [6.07, 6.45) is -2.38. The zero-order chi connectivity index (χ0) is 9.02. The summed E-state index contributed by atoms with van der Waals surface area (Å²) in [5.74, 6) is -2.75.